The van der Waals surface area contributed by atoms with Crippen LogP contribution in [0.1, 0.15) is 13.3 Å². The first-order valence-corrected chi connectivity index (χ1v) is 6.54. The van der Waals surface area contributed by atoms with Crippen molar-refractivity contribution in [2.24, 2.45) is 0 Å². The van der Waals surface area contributed by atoms with Gasteiger partial charge in [-0.3, -0.25) is 0 Å². The minimum Gasteiger partial charge on any atom is -0.396 e. The second-order valence-electron chi connectivity index (χ2n) is 3.61. The highest BCUT2D eigenvalue weighted by Gasteiger charge is 2.09. The number of rotatable bonds is 5. The monoisotopic (exact) mass is 236 g/mol. The van der Waals surface area contributed by atoms with Crippen LogP contribution < -0.4 is 0 Å². The number of aromatic nitrogens is 2. The van der Waals surface area contributed by atoms with Crippen LogP contribution >= 0.6 is 11.8 Å². The van der Waals surface area contributed by atoms with E-state index >= 15 is 0 Å². The number of aryl methyl sites for hydroxylation is 1. The maximum Gasteiger partial charge on any atom is 0.169 e. The molecule has 0 aliphatic carbocycles. The Balaban J connectivity index is 2.41. The molecule has 0 fully saturated rings. The van der Waals surface area contributed by atoms with Gasteiger partial charge in [0.2, 0.25) is 0 Å². The first-order valence-electron chi connectivity index (χ1n) is 5.55. The standard InChI is InChI=1S/C12H16N2OS/c1-2-7-14-11-6-4-3-5-10(11)13-12(14)16-9-8-15/h3-6,15H,2,7-9H2,1H3. The highest BCUT2D eigenvalue weighted by molar-refractivity contribution is 7.99. The Hall–Kier alpha value is -1.00. The summed E-state index contributed by atoms with van der Waals surface area (Å²) in [7, 11) is 0. The number of aliphatic hydroxyl groups is 1. The van der Waals surface area contributed by atoms with Crippen LogP contribution in [0.3, 0.4) is 0 Å². The van der Waals surface area contributed by atoms with Crippen LogP contribution in [-0.2, 0) is 6.54 Å². The van der Waals surface area contributed by atoms with E-state index in [-0.39, 0.29) is 6.61 Å². The summed E-state index contributed by atoms with van der Waals surface area (Å²) in [5.74, 6) is 0.701. The van der Waals surface area contributed by atoms with Gasteiger partial charge in [-0.25, -0.2) is 4.98 Å². The molecule has 86 valence electrons. The molecular formula is C12H16N2OS. The lowest BCUT2D eigenvalue weighted by Crippen LogP contribution is -1.99. The van der Waals surface area contributed by atoms with Crippen LogP contribution in [0.25, 0.3) is 11.0 Å². The molecule has 0 amide bonds. The molecule has 1 heterocycles. The largest absolute Gasteiger partial charge is 0.396 e. The molecule has 0 atom stereocenters. The first-order chi connectivity index (χ1) is 7.86. The van der Waals surface area contributed by atoms with E-state index in [1.54, 1.807) is 11.8 Å². The number of imidazole rings is 1. The molecule has 3 nitrogen and oxygen atoms in total. The van der Waals surface area contributed by atoms with Gasteiger partial charge >= 0.3 is 0 Å². The molecular weight excluding hydrogens is 220 g/mol. The van der Waals surface area contributed by atoms with Crippen LogP contribution in [-0.4, -0.2) is 27.0 Å². The number of fused-ring (bicyclic) bond motifs is 1. The average Bonchev–Trinajstić information content (AvgIpc) is 2.66. The second kappa shape index (κ2) is 5.37. The van der Waals surface area contributed by atoms with Crippen molar-refractivity contribution in [1.29, 1.82) is 0 Å². The molecule has 0 aliphatic rings. The molecule has 0 radical (unpaired) electrons. The quantitative estimate of drug-likeness (QED) is 0.811. The fourth-order valence-corrected chi connectivity index (χ4v) is 2.52. The van der Waals surface area contributed by atoms with Crippen molar-refractivity contribution in [2.45, 2.75) is 25.0 Å². The smallest absolute Gasteiger partial charge is 0.169 e. The van der Waals surface area contributed by atoms with Crippen LogP contribution in [0.2, 0.25) is 0 Å². The molecule has 2 rings (SSSR count). The molecule has 1 aromatic heterocycles. The van der Waals surface area contributed by atoms with Gasteiger partial charge in [0.25, 0.3) is 0 Å². The van der Waals surface area contributed by atoms with Gasteiger partial charge in [-0.05, 0) is 18.6 Å². The Labute approximate surface area is 99.5 Å². The fourth-order valence-electron chi connectivity index (χ4n) is 1.74. The van der Waals surface area contributed by atoms with Gasteiger partial charge in [0.05, 0.1) is 17.6 Å². The van der Waals surface area contributed by atoms with Gasteiger partial charge in [0, 0.05) is 12.3 Å². The summed E-state index contributed by atoms with van der Waals surface area (Å²) in [6, 6.07) is 8.17. The molecule has 0 saturated heterocycles. The zero-order valence-electron chi connectivity index (χ0n) is 9.39. The summed E-state index contributed by atoms with van der Waals surface area (Å²) in [4.78, 5) is 4.58. The second-order valence-corrected chi connectivity index (χ2v) is 4.67. The van der Waals surface area contributed by atoms with E-state index in [2.05, 4.69) is 22.5 Å². The van der Waals surface area contributed by atoms with Crippen molar-refractivity contribution in [1.82, 2.24) is 9.55 Å². The van der Waals surface area contributed by atoms with Gasteiger partial charge in [0.1, 0.15) is 0 Å². The summed E-state index contributed by atoms with van der Waals surface area (Å²) in [6.45, 7) is 3.34. The molecule has 1 aromatic carbocycles. The van der Waals surface area contributed by atoms with Crippen molar-refractivity contribution >= 4 is 22.8 Å². The summed E-state index contributed by atoms with van der Waals surface area (Å²) in [6.07, 6.45) is 1.09. The normalized spacial score (nSPS) is 11.1. The number of nitrogens with zero attached hydrogens (tertiary/aromatic N) is 2. The van der Waals surface area contributed by atoms with Gasteiger partial charge < -0.3 is 9.67 Å². The number of thioether (sulfide) groups is 1. The lowest BCUT2D eigenvalue weighted by Gasteiger charge is -2.06. The Morgan fingerprint density at radius 2 is 2.19 bits per heavy atom. The third-order valence-corrected chi connectivity index (χ3v) is 3.35. The Kier molecular flexibility index (Phi) is 3.85. The van der Waals surface area contributed by atoms with Crippen molar-refractivity contribution < 1.29 is 5.11 Å². The van der Waals surface area contributed by atoms with E-state index in [9.17, 15) is 0 Å². The summed E-state index contributed by atoms with van der Waals surface area (Å²) in [5, 5.41) is 9.88. The highest BCUT2D eigenvalue weighted by Crippen LogP contribution is 2.23. The Morgan fingerprint density at radius 3 is 2.94 bits per heavy atom. The molecule has 0 aliphatic heterocycles. The lowest BCUT2D eigenvalue weighted by atomic mass is 10.3. The van der Waals surface area contributed by atoms with Crippen molar-refractivity contribution in [3.8, 4) is 0 Å². The van der Waals surface area contributed by atoms with Crippen LogP contribution in [0, 0.1) is 0 Å². The van der Waals surface area contributed by atoms with E-state index in [1.807, 2.05) is 18.2 Å². The topological polar surface area (TPSA) is 38.0 Å². The maximum absolute atomic E-state index is 8.87. The SMILES string of the molecule is CCCn1c(SCCO)nc2ccccc21. The minimum absolute atomic E-state index is 0.194. The van der Waals surface area contributed by atoms with Gasteiger partial charge in [-0.2, -0.15) is 0 Å². The first kappa shape index (κ1) is 11.5. The zero-order chi connectivity index (χ0) is 11.4. The number of para-hydroxylation sites is 2. The molecule has 16 heavy (non-hydrogen) atoms. The van der Waals surface area contributed by atoms with E-state index in [1.165, 1.54) is 5.52 Å². The van der Waals surface area contributed by atoms with E-state index in [0.29, 0.717) is 5.75 Å². The van der Waals surface area contributed by atoms with E-state index < -0.39 is 0 Å². The van der Waals surface area contributed by atoms with Crippen molar-refractivity contribution in [3.05, 3.63) is 24.3 Å². The molecule has 1 N–H and O–H groups in total. The highest BCUT2D eigenvalue weighted by atomic mass is 32.2. The third kappa shape index (κ3) is 2.23. The summed E-state index contributed by atoms with van der Waals surface area (Å²) >= 11 is 1.61. The Bertz CT molecular complexity index is 467. The Morgan fingerprint density at radius 1 is 1.38 bits per heavy atom. The van der Waals surface area contributed by atoms with Crippen LogP contribution in [0.4, 0.5) is 0 Å². The molecule has 2 aromatic rings. The van der Waals surface area contributed by atoms with E-state index in [0.717, 1.165) is 23.6 Å². The molecule has 0 bridgehead atoms. The molecule has 0 unspecified atom stereocenters. The predicted octanol–water partition coefficient (Wildman–Crippen LogP) is 2.53. The minimum atomic E-state index is 0.194. The average molecular weight is 236 g/mol. The number of benzene rings is 1. The van der Waals surface area contributed by atoms with Gasteiger partial charge in [-0.15, -0.1) is 0 Å². The molecule has 4 heteroatoms. The number of hydrogen-bond donors (Lipinski definition) is 1. The number of aliphatic hydroxyl groups excluding tert-OH is 1. The van der Waals surface area contributed by atoms with Crippen LogP contribution in [0.15, 0.2) is 29.4 Å². The van der Waals surface area contributed by atoms with Gasteiger partial charge in [0.15, 0.2) is 5.16 Å². The molecule has 0 spiro atoms. The van der Waals surface area contributed by atoms with Gasteiger partial charge in [-0.1, -0.05) is 30.8 Å². The predicted molar refractivity (Wildman–Crippen MR) is 67.8 cm³/mol. The van der Waals surface area contributed by atoms with Crippen molar-refractivity contribution in [3.63, 3.8) is 0 Å². The third-order valence-electron chi connectivity index (χ3n) is 2.39. The van der Waals surface area contributed by atoms with Crippen molar-refractivity contribution in [2.75, 3.05) is 12.4 Å². The van der Waals surface area contributed by atoms with E-state index in [4.69, 9.17) is 5.11 Å². The fraction of sp³-hybridized carbons (Fsp3) is 0.417. The number of hydrogen-bond acceptors (Lipinski definition) is 3. The van der Waals surface area contributed by atoms with Crippen LogP contribution in [0.5, 0.6) is 0 Å². The zero-order valence-corrected chi connectivity index (χ0v) is 10.2. The summed E-state index contributed by atoms with van der Waals surface area (Å²) in [5.41, 5.74) is 2.22. The summed E-state index contributed by atoms with van der Waals surface area (Å²) < 4.78 is 2.23. The maximum atomic E-state index is 8.87. The lowest BCUT2D eigenvalue weighted by molar-refractivity contribution is 0.322. The molecule has 0 saturated carbocycles.